The molecule has 0 bridgehead atoms. The average Bonchev–Trinajstić information content (AvgIpc) is 2.89. The van der Waals surface area contributed by atoms with Gasteiger partial charge in [-0.2, -0.15) is 0 Å². The Hall–Kier alpha value is -2.13. The van der Waals surface area contributed by atoms with Crippen LogP contribution in [0.3, 0.4) is 0 Å². The second-order valence-corrected chi connectivity index (χ2v) is 4.87. The van der Waals surface area contributed by atoms with E-state index < -0.39 is 0 Å². The number of aryl methyl sites for hydroxylation is 1. The van der Waals surface area contributed by atoms with Crippen LogP contribution in [-0.4, -0.2) is 7.05 Å². The first-order valence-electron chi connectivity index (χ1n) is 6.60. The molecule has 0 radical (unpaired) electrons. The lowest BCUT2D eigenvalue weighted by Crippen LogP contribution is -2.18. The second-order valence-electron chi connectivity index (χ2n) is 4.87. The van der Waals surface area contributed by atoms with Gasteiger partial charge in [0.2, 0.25) is 0 Å². The summed E-state index contributed by atoms with van der Waals surface area (Å²) in [6.45, 7) is 2.01. The molecule has 0 aliphatic heterocycles. The lowest BCUT2D eigenvalue weighted by Gasteiger charge is -2.18. The minimum Gasteiger partial charge on any atom is -0.467 e. The van der Waals surface area contributed by atoms with Crippen molar-refractivity contribution >= 4 is 10.8 Å². The van der Waals surface area contributed by atoms with Crippen molar-refractivity contribution in [1.82, 2.24) is 5.32 Å². The molecule has 0 saturated heterocycles. The summed E-state index contributed by atoms with van der Waals surface area (Å²) in [7, 11) is 1.88. The molecule has 0 amide bonds. The minimum atomic E-state index is -0.199. The highest BCUT2D eigenvalue weighted by molar-refractivity contribution is 5.87. The second kappa shape index (κ2) is 5.10. The summed E-state index contributed by atoms with van der Waals surface area (Å²) in [5.74, 6) is 0.666. The van der Waals surface area contributed by atoms with Crippen molar-refractivity contribution in [3.63, 3.8) is 0 Å². The molecule has 1 heterocycles. The summed E-state index contributed by atoms with van der Waals surface area (Å²) in [5, 5.41) is 4.80. The van der Waals surface area contributed by atoms with Crippen molar-refractivity contribution in [3.05, 3.63) is 71.4 Å². The van der Waals surface area contributed by atoms with Gasteiger partial charge in [-0.1, -0.05) is 30.3 Å². The van der Waals surface area contributed by atoms with Crippen LogP contribution in [0.2, 0.25) is 0 Å². The van der Waals surface area contributed by atoms with Crippen molar-refractivity contribution in [1.29, 1.82) is 0 Å². The summed E-state index contributed by atoms with van der Waals surface area (Å²) >= 11 is 0. The maximum Gasteiger partial charge on any atom is 0.131 e. The fraction of sp³-hybridized carbons (Fsp3) is 0.176. The number of furan rings is 1. The molecule has 1 N–H and O–H groups in total. The lowest BCUT2D eigenvalue weighted by molar-refractivity contribution is 0.461. The van der Waals surface area contributed by atoms with Gasteiger partial charge in [-0.25, -0.2) is 4.39 Å². The third-order valence-corrected chi connectivity index (χ3v) is 3.67. The molecule has 3 rings (SSSR count). The van der Waals surface area contributed by atoms with E-state index in [2.05, 4.69) is 5.32 Å². The van der Waals surface area contributed by atoms with E-state index in [4.69, 9.17) is 4.42 Å². The number of hydrogen-bond acceptors (Lipinski definition) is 2. The number of benzene rings is 2. The molecule has 3 aromatic rings. The third-order valence-electron chi connectivity index (χ3n) is 3.67. The van der Waals surface area contributed by atoms with Crippen LogP contribution in [0.4, 0.5) is 4.39 Å². The minimum absolute atomic E-state index is 0.0875. The Morgan fingerprint density at radius 2 is 1.80 bits per heavy atom. The lowest BCUT2D eigenvalue weighted by atomic mass is 9.95. The van der Waals surface area contributed by atoms with Crippen molar-refractivity contribution < 1.29 is 8.81 Å². The molecular weight excluding hydrogens is 253 g/mol. The van der Waals surface area contributed by atoms with Crippen molar-refractivity contribution in [2.45, 2.75) is 13.0 Å². The van der Waals surface area contributed by atoms with E-state index in [0.717, 1.165) is 22.3 Å². The number of nitrogens with one attached hydrogen (secondary N) is 1. The Labute approximate surface area is 117 Å². The van der Waals surface area contributed by atoms with Crippen LogP contribution >= 0.6 is 0 Å². The highest BCUT2D eigenvalue weighted by Gasteiger charge is 2.20. The molecule has 0 aliphatic rings. The van der Waals surface area contributed by atoms with Gasteiger partial charge in [0.1, 0.15) is 11.6 Å². The molecule has 0 aliphatic carbocycles. The van der Waals surface area contributed by atoms with E-state index in [1.807, 2.05) is 44.3 Å². The molecule has 2 aromatic carbocycles. The summed E-state index contributed by atoms with van der Waals surface area (Å²) in [5.41, 5.74) is 2.10. The maximum atomic E-state index is 13.9. The van der Waals surface area contributed by atoms with Crippen LogP contribution in [0.25, 0.3) is 10.8 Å². The normalized spacial score (nSPS) is 12.8. The number of hydrogen-bond donors (Lipinski definition) is 1. The van der Waals surface area contributed by atoms with Gasteiger partial charge in [0.05, 0.1) is 12.3 Å². The standard InChI is InChI=1S/C17H16FNO/c1-11-9-10-20-17(11)16(19-2)14-7-8-15(18)13-6-4-3-5-12(13)14/h3-10,16,19H,1-2H3. The molecule has 1 unspecified atom stereocenters. The van der Waals surface area contributed by atoms with Gasteiger partial charge in [-0.3, -0.25) is 0 Å². The SMILES string of the molecule is CNC(c1occc1C)c1ccc(F)c2ccccc12. The van der Waals surface area contributed by atoms with Gasteiger partial charge >= 0.3 is 0 Å². The van der Waals surface area contributed by atoms with E-state index in [0.29, 0.717) is 5.39 Å². The third kappa shape index (κ3) is 2.00. The van der Waals surface area contributed by atoms with Crippen molar-refractivity contribution in [3.8, 4) is 0 Å². The molecule has 1 atom stereocenters. The van der Waals surface area contributed by atoms with Gasteiger partial charge in [-0.05, 0) is 42.6 Å². The molecule has 1 aromatic heterocycles. The topological polar surface area (TPSA) is 25.2 Å². The zero-order valence-electron chi connectivity index (χ0n) is 11.5. The molecule has 0 saturated carbocycles. The van der Waals surface area contributed by atoms with Crippen LogP contribution in [0, 0.1) is 12.7 Å². The van der Waals surface area contributed by atoms with Gasteiger partial charge < -0.3 is 9.73 Å². The number of fused-ring (bicyclic) bond motifs is 1. The maximum absolute atomic E-state index is 13.9. The highest BCUT2D eigenvalue weighted by Crippen LogP contribution is 2.31. The van der Waals surface area contributed by atoms with Gasteiger partial charge in [0.25, 0.3) is 0 Å². The Morgan fingerprint density at radius 1 is 1.05 bits per heavy atom. The van der Waals surface area contributed by atoms with Crippen LogP contribution in [0.1, 0.15) is 22.9 Å². The molecule has 102 valence electrons. The fourth-order valence-electron chi connectivity index (χ4n) is 2.65. The first-order valence-corrected chi connectivity index (χ1v) is 6.60. The van der Waals surface area contributed by atoms with E-state index in [9.17, 15) is 4.39 Å². The predicted octanol–water partition coefficient (Wildman–Crippen LogP) is 4.19. The fourth-order valence-corrected chi connectivity index (χ4v) is 2.65. The number of rotatable bonds is 3. The van der Waals surface area contributed by atoms with Crippen LogP contribution in [0.15, 0.2) is 53.1 Å². The number of halogens is 1. The van der Waals surface area contributed by atoms with Crippen molar-refractivity contribution in [2.75, 3.05) is 7.05 Å². The van der Waals surface area contributed by atoms with E-state index in [-0.39, 0.29) is 11.9 Å². The molecule has 20 heavy (non-hydrogen) atoms. The van der Waals surface area contributed by atoms with E-state index >= 15 is 0 Å². The zero-order chi connectivity index (χ0) is 14.1. The monoisotopic (exact) mass is 269 g/mol. The highest BCUT2D eigenvalue weighted by atomic mass is 19.1. The first kappa shape index (κ1) is 12.9. The summed E-state index contributed by atoms with van der Waals surface area (Å²) in [6.07, 6.45) is 1.68. The van der Waals surface area contributed by atoms with Gasteiger partial charge in [0, 0.05) is 5.39 Å². The quantitative estimate of drug-likeness (QED) is 0.771. The Morgan fingerprint density at radius 3 is 2.45 bits per heavy atom. The zero-order valence-corrected chi connectivity index (χ0v) is 11.5. The molecule has 0 fully saturated rings. The Bertz CT molecular complexity index is 748. The molecule has 2 nitrogen and oxygen atoms in total. The smallest absolute Gasteiger partial charge is 0.131 e. The molecular formula is C17H16FNO. The molecule has 3 heteroatoms. The van der Waals surface area contributed by atoms with Crippen molar-refractivity contribution in [2.24, 2.45) is 0 Å². The average molecular weight is 269 g/mol. The Balaban J connectivity index is 2.23. The van der Waals surface area contributed by atoms with Gasteiger partial charge in [-0.15, -0.1) is 0 Å². The van der Waals surface area contributed by atoms with E-state index in [1.165, 1.54) is 6.07 Å². The summed E-state index contributed by atoms with van der Waals surface area (Å²) in [6, 6.07) is 12.7. The summed E-state index contributed by atoms with van der Waals surface area (Å²) in [4.78, 5) is 0. The van der Waals surface area contributed by atoms with Gasteiger partial charge in [0.15, 0.2) is 0 Å². The predicted molar refractivity (Wildman–Crippen MR) is 78.3 cm³/mol. The molecule has 0 spiro atoms. The van der Waals surface area contributed by atoms with Crippen LogP contribution in [0.5, 0.6) is 0 Å². The summed E-state index contributed by atoms with van der Waals surface area (Å²) < 4.78 is 19.5. The van der Waals surface area contributed by atoms with Crippen LogP contribution in [-0.2, 0) is 0 Å². The largest absolute Gasteiger partial charge is 0.467 e. The van der Waals surface area contributed by atoms with E-state index in [1.54, 1.807) is 12.3 Å². The Kier molecular flexibility index (Phi) is 3.28. The first-order chi connectivity index (χ1) is 9.72. The van der Waals surface area contributed by atoms with Crippen LogP contribution < -0.4 is 5.32 Å².